The van der Waals surface area contributed by atoms with Crippen molar-refractivity contribution in [2.24, 2.45) is 5.73 Å². The van der Waals surface area contributed by atoms with Crippen LogP contribution in [-0.4, -0.2) is 47.4 Å². The Morgan fingerprint density at radius 2 is 1.91 bits per heavy atom. The van der Waals surface area contributed by atoms with Gasteiger partial charge in [-0.3, -0.25) is 9.69 Å². The lowest BCUT2D eigenvalue weighted by Crippen LogP contribution is -2.50. The number of nitrogens with two attached hydrogens (primary N) is 1. The maximum atomic E-state index is 13.0. The molecule has 23 heavy (non-hydrogen) atoms. The van der Waals surface area contributed by atoms with Crippen LogP contribution in [0.1, 0.15) is 31.2 Å². The number of rotatable bonds is 3. The van der Waals surface area contributed by atoms with Gasteiger partial charge < -0.3 is 10.6 Å². The minimum atomic E-state index is -0.221. The molecule has 2 fully saturated rings. The predicted molar refractivity (Wildman–Crippen MR) is 90.9 cm³/mol. The van der Waals surface area contributed by atoms with Crippen LogP contribution in [0, 0.1) is 5.82 Å². The van der Waals surface area contributed by atoms with Crippen LogP contribution in [-0.2, 0) is 11.3 Å². The van der Waals surface area contributed by atoms with Gasteiger partial charge in [-0.05, 0) is 43.5 Å². The highest BCUT2D eigenvalue weighted by Gasteiger charge is 2.34. The van der Waals surface area contributed by atoms with Gasteiger partial charge in [0.1, 0.15) is 5.82 Å². The second-order valence-electron chi connectivity index (χ2n) is 6.44. The van der Waals surface area contributed by atoms with Gasteiger partial charge in [0.2, 0.25) is 5.91 Å². The lowest BCUT2D eigenvalue weighted by Gasteiger charge is -2.36. The van der Waals surface area contributed by atoms with Gasteiger partial charge in [0.05, 0.1) is 6.04 Å². The number of hydrogen-bond donors (Lipinski definition) is 1. The summed E-state index contributed by atoms with van der Waals surface area (Å²) in [6.07, 6.45) is 4.02. The van der Waals surface area contributed by atoms with Gasteiger partial charge in [-0.2, -0.15) is 0 Å². The molecule has 0 spiro atoms. The molecule has 2 N–H and O–H groups in total. The lowest BCUT2D eigenvalue weighted by molar-refractivity contribution is -0.137. The van der Waals surface area contributed by atoms with Crippen molar-refractivity contribution in [3.8, 4) is 0 Å². The molecular weight excluding hydrogens is 317 g/mol. The van der Waals surface area contributed by atoms with E-state index < -0.39 is 0 Å². The molecular formula is C17H25ClFN3O. The first-order chi connectivity index (χ1) is 10.6. The van der Waals surface area contributed by atoms with Crippen LogP contribution in [0.2, 0.25) is 0 Å². The van der Waals surface area contributed by atoms with E-state index in [1.54, 1.807) is 12.1 Å². The zero-order chi connectivity index (χ0) is 15.5. The van der Waals surface area contributed by atoms with Crippen molar-refractivity contribution in [1.29, 1.82) is 0 Å². The summed E-state index contributed by atoms with van der Waals surface area (Å²) in [4.78, 5) is 16.9. The Labute approximate surface area is 143 Å². The van der Waals surface area contributed by atoms with E-state index in [-0.39, 0.29) is 36.2 Å². The summed E-state index contributed by atoms with van der Waals surface area (Å²) in [6.45, 7) is 3.09. The first kappa shape index (κ1) is 18.2. The molecule has 2 heterocycles. The predicted octanol–water partition coefficient (Wildman–Crippen LogP) is 2.16. The summed E-state index contributed by atoms with van der Waals surface area (Å²) in [7, 11) is 0. The van der Waals surface area contributed by atoms with E-state index in [2.05, 4.69) is 4.90 Å². The van der Waals surface area contributed by atoms with E-state index in [4.69, 9.17) is 5.73 Å². The summed E-state index contributed by atoms with van der Waals surface area (Å²) >= 11 is 0. The molecule has 0 bridgehead atoms. The molecule has 0 saturated carbocycles. The van der Waals surface area contributed by atoms with Crippen molar-refractivity contribution in [3.63, 3.8) is 0 Å². The fourth-order valence-corrected chi connectivity index (χ4v) is 3.48. The molecule has 1 amide bonds. The third kappa shape index (κ3) is 4.43. The van der Waals surface area contributed by atoms with Crippen LogP contribution >= 0.6 is 12.4 Å². The number of piperidine rings is 1. The van der Waals surface area contributed by atoms with E-state index in [9.17, 15) is 9.18 Å². The Kier molecular flexibility index (Phi) is 6.39. The number of carbonyl (C=O) groups excluding carboxylic acids is 1. The summed E-state index contributed by atoms with van der Waals surface area (Å²) in [5.41, 5.74) is 6.98. The summed E-state index contributed by atoms with van der Waals surface area (Å²) in [5, 5.41) is 0. The number of halogens is 2. The van der Waals surface area contributed by atoms with Crippen LogP contribution in [0.5, 0.6) is 0 Å². The number of benzene rings is 1. The molecule has 0 aromatic heterocycles. The van der Waals surface area contributed by atoms with Gasteiger partial charge in [0.25, 0.3) is 0 Å². The first-order valence-electron chi connectivity index (χ1n) is 8.16. The van der Waals surface area contributed by atoms with Gasteiger partial charge in [0, 0.05) is 25.7 Å². The monoisotopic (exact) mass is 341 g/mol. The van der Waals surface area contributed by atoms with E-state index >= 15 is 0 Å². The van der Waals surface area contributed by atoms with Crippen molar-refractivity contribution >= 4 is 18.3 Å². The van der Waals surface area contributed by atoms with Crippen LogP contribution in [0.15, 0.2) is 24.3 Å². The minimum Gasteiger partial charge on any atom is -0.340 e. The zero-order valence-electron chi connectivity index (χ0n) is 13.3. The Hall–Kier alpha value is -1.17. The van der Waals surface area contributed by atoms with E-state index in [1.807, 2.05) is 4.90 Å². The highest BCUT2D eigenvalue weighted by molar-refractivity contribution is 5.85. The number of carbonyl (C=O) groups is 1. The molecule has 4 nitrogen and oxygen atoms in total. The fourth-order valence-electron chi connectivity index (χ4n) is 3.48. The zero-order valence-corrected chi connectivity index (χ0v) is 14.1. The highest BCUT2D eigenvalue weighted by Crippen LogP contribution is 2.23. The molecule has 1 unspecified atom stereocenters. The van der Waals surface area contributed by atoms with Crippen molar-refractivity contribution in [1.82, 2.24) is 9.80 Å². The normalized spacial score (nSPS) is 25.2. The molecule has 2 aliphatic rings. The van der Waals surface area contributed by atoms with E-state index in [1.165, 1.54) is 12.1 Å². The molecule has 2 aliphatic heterocycles. The molecule has 3 rings (SSSR count). The summed E-state index contributed by atoms with van der Waals surface area (Å²) < 4.78 is 13.0. The Bertz CT molecular complexity index is 525. The molecule has 0 radical (unpaired) electrons. The fraction of sp³-hybridized carbons (Fsp3) is 0.588. The second kappa shape index (κ2) is 8.08. The van der Waals surface area contributed by atoms with Gasteiger partial charge in [-0.15, -0.1) is 12.4 Å². The van der Waals surface area contributed by atoms with Crippen molar-refractivity contribution in [3.05, 3.63) is 35.6 Å². The minimum absolute atomic E-state index is 0. The Morgan fingerprint density at radius 1 is 1.17 bits per heavy atom. The van der Waals surface area contributed by atoms with Crippen molar-refractivity contribution in [2.45, 2.75) is 44.3 Å². The van der Waals surface area contributed by atoms with E-state index in [0.29, 0.717) is 13.1 Å². The smallest absolute Gasteiger partial charge is 0.239 e. The highest BCUT2D eigenvalue weighted by atomic mass is 35.5. The molecule has 2 saturated heterocycles. The maximum Gasteiger partial charge on any atom is 0.239 e. The Balaban J connectivity index is 0.00000192. The van der Waals surface area contributed by atoms with Crippen LogP contribution in [0.3, 0.4) is 0 Å². The average molecular weight is 342 g/mol. The van der Waals surface area contributed by atoms with E-state index in [0.717, 1.165) is 44.3 Å². The van der Waals surface area contributed by atoms with Gasteiger partial charge >= 0.3 is 0 Å². The molecule has 6 heteroatoms. The average Bonchev–Trinajstić information content (AvgIpc) is 2.96. The number of nitrogens with zero attached hydrogens (tertiary/aromatic N) is 2. The lowest BCUT2D eigenvalue weighted by atomic mass is 10.00. The standard InChI is InChI=1S/C17H24FN3O.ClH/c18-14-6-4-13(5-7-14)11-20-9-2-1-3-16(20)17(22)21-10-8-15(19)12-21;/h4-7,15-16H,1-3,8-12,19H2;1H/t15-,16?;/m1./s1. The van der Waals surface area contributed by atoms with Crippen LogP contribution in [0.4, 0.5) is 4.39 Å². The number of likely N-dealkylation sites (tertiary alicyclic amines) is 2. The third-order valence-electron chi connectivity index (χ3n) is 4.73. The van der Waals surface area contributed by atoms with Crippen molar-refractivity contribution in [2.75, 3.05) is 19.6 Å². The third-order valence-corrected chi connectivity index (χ3v) is 4.73. The molecule has 1 aromatic carbocycles. The SMILES string of the molecule is Cl.N[C@@H]1CCN(C(=O)C2CCCCN2Cc2ccc(F)cc2)C1. The van der Waals surface area contributed by atoms with Crippen LogP contribution in [0.25, 0.3) is 0 Å². The van der Waals surface area contributed by atoms with Gasteiger partial charge in [-0.1, -0.05) is 18.6 Å². The van der Waals surface area contributed by atoms with Crippen molar-refractivity contribution < 1.29 is 9.18 Å². The topological polar surface area (TPSA) is 49.6 Å². The van der Waals surface area contributed by atoms with Crippen LogP contribution < -0.4 is 5.73 Å². The molecule has 2 atom stereocenters. The first-order valence-corrected chi connectivity index (χ1v) is 8.16. The summed E-state index contributed by atoms with van der Waals surface area (Å²) in [5.74, 6) is -0.00386. The second-order valence-corrected chi connectivity index (χ2v) is 6.44. The molecule has 128 valence electrons. The molecule has 1 aromatic rings. The summed E-state index contributed by atoms with van der Waals surface area (Å²) in [6, 6.07) is 6.64. The Morgan fingerprint density at radius 3 is 2.57 bits per heavy atom. The molecule has 0 aliphatic carbocycles. The maximum absolute atomic E-state index is 13.0. The number of amides is 1. The van der Waals surface area contributed by atoms with Gasteiger partial charge in [-0.25, -0.2) is 4.39 Å². The van der Waals surface area contributed by atoms with Gasteiger partial charge in [0.15, 0.2) is 0 Å². The number of hydrogen-bond acceptors (Lipinski definition) is 3. The quantitative estimate of drug-likeness (QED) is 0.916. The largest absolute Gasteiger partial charge is 0.340 e.